The van der Waals surface area contributed by atoms with Gasteiger partial charge in [0, 0.05) is 10.8 Å². The van der Waals surface area contributed by atoms with Crippen LogP contribution in [0.3, 0.4) is 0 Å². The van der Waals surface area contributed by atoms with E-state index in [1.807, 2.05) is 41.6 Å². The fourth-order valence-corrected chi connectivity index (χ4v) is 2.47. The summed E-state index contributed by atoms with van der Waals surface area (Å²) in [7, 11) is 0. The number of hydrazone groups is 1. The number of fused-ring (bicyclic) bond motifs is 2. The molecule has 0 N–H and O–H groups in total. The largest absolute Gasteiger partial charge is 0.241 e. The van der Waals surface area contributed by atoms with Crippen molar-refractivity contribution in [3.63, 3.8) is 0 Å². The Morgan fingerprint density at radius 2 is 1.80 bits per heavy atom. The highest BCUT2D eigenvalue weighted by atomic mass is 15.5. The molecule has 2 aromatic carbocycles. The summed E-state index contributed by atoms with van der Waals surface area (Å²) in [5.74, 6) is 0.800. The van der Waals surface area contributed by atoms with Gasteiger partial charge in [-0.15, -0.1) is 5.10 Å². The molecule has 96 valence electrons. The lowest BCUT2D eigenvalue weighted by Crippen LogP contribution is -2.22. The monoisotopic (exact) mass is 260 g/mol. The maximum atomic E-state index is 4.50. The molecule has 0 saturated carbocycles. The molecular weight excluding hydrogens is 248 g/mol. The van der Waals surface area contributed by atoms with Crippen molar-refractivity contribution in [3.8, 4) is 0 Å². The number of aromatic nitrogens is 2. The molecule has 0 amide bonds. The smallest absolute Gasteiger partial charge is 0.179 e. The van der Waals surface area contributed by atoms with Gasteiger partial charge in [-0.25, -0.2) is 5.01 Å². The van der Waals surface area contributed by atoms with Crippen LogP contribution in [0, 0.1) is 0 Å². The zero-order valence-electron chi connectivity index (χ0n) is 10.8. The predicted molar refractivity (Wildman–Crippen MR) is 79.8 cm³/mol. The highest BCUT2D eigenvalue weighted by Gasteiger charge is 2.16. The first-order chi connectivity index (χ1) is 9.92. The average molecular weight is 260 g/mol. The molecule has 1 aliphatic rings. The molecule has 4 nitrogen and oxygen atoms in total. The molecule has 0 aliphatic carbocycles. The SMILES string of the molecule is C1=NN(c2nncc3ccccc23)Cc2ccccc21. The average Bonchev–Trinajstić information content (AvgIpc) is 2.54. The van der Waals surface area contributed by atoms with Gasteiger partial charge in [-0.3, -0.25) is 0 Å². The molecule has 0 atom stereocenters. The van der Waals surface area contributed by atoms with E-state index in [0.29, 0.717) is 0 Å². The van der Waals surface area contributed by atoms with E-state index in [0.717, 1.165) is 28.7 Å². The van der Waals surface area contributed by atoms with Gasteiger partial charge in [0.05, 0.1) is 19.0 Å². The van der Waals surface area contributed by atoms with Gasteiger partial charge in [0.2, 0.25) is 0 Å². The van der Waals surface area contributed by atoms with Crippen LogP contribution < -0.4 is 5.01 Å². The molecule has 4 heteroatoms. The Morgan fingerprint density at radius 3 is 2.80 bits per heavy atom. The maximum Gasteiger partial charge on any atom is 0.179 e. The van der Waals surface area contributed by atoms with E-state index in [9.17, 15) is 0 Å². The lowest BCUT2D eigenvalue weighted by molar-refractivity contribution is 0.812. The molecule has 0 spiro atoms. The highest BCUT2D eigenvalue weighted by molar-refractivity contribution is 5.92. The molecule has 1 aromatic heterocycles. The lowest BCUT2D eigenvalue weighted by Gasteiger charge is -2.23. The van der Waals surface area contributed by atoms with Gasteiger partial charge >= 0.3 is 0 Å². The minimum atomic E-state index is 0.718. The van der Waals surface area contributed by atoms with Crippen molar-refractivity contribution in [1.82, 2.24) is 10.2 Å². The fraction of sp³-hybridized carbons (Fsp3) is 0.0625. The van der Waals surface area contributed by atoms with Crippen molar-refractivity contribution in [2.24, 2.45) is 5.10 Å². The molecule has 0 radical (unpaired) electrons. The second kappa shape index (κ2) is 4.42. The molecule has 0 fully saturated rings. The van der Waals surface area contributed by atoms with E-state index in [1.165, 1.54) is 5.56 Å². The van der Waals surface area contributed by atoms with Gasteiger partial charge in [0.25, 0.3) is 0 Å². The first kappa shape index (κ1) is 11.1. The molecule has 0 unspecified atom stereocenters. The predicted octanol–water partition coefficient (Wildman–Crippen LogP) is 2.98. The van der Waals surface area contributed by atoms with Crippen LogP contribution >= 0.6 is 0 Å². The Kier molecular flexibility index (Phi) is 2.45. The van der Waals surface area contributed by atoms with Crippen molar-refractivity contribution in [2.45, 2.75) is 6.54 Å². The zero-order chi connectivity index (χ0) is 13.4. The van der Waals surface area contributed by atoms with Crippen LogP contribution in [0.4, 0.5) is 5.82 Å². The van der Waals surface area contributed by atoms with E-state index in [-0.39, 0.29) is 0 Å². The Balaban J connectivity index is 1.82. The van der Waals surface area contributed by atoms with Crippen molar-refractivity contribution in [1.29, 1.82) is 0 Å². The third-order valence-corrected chi connectivity index (χ3v) is 3.51. The first-order valence-corrected chi connectivity index (χ1v) is 6.52. The summed E-state index contributed by atoms with van der Waals surface area (Å²) in [6.07, 6.45) is 3.66. The zero-order valence-corrected chi connectivity index (χ0v) is 10.8. The van der Waals surface area contributed by atoms with Gasteiger partial charge < -0.3 is 0 Å². The van der Waals surface area contributed by atoms with Crippen LogP contribution in [0.2, 0.25) is 0 Å². The molecule has 0 bridgehead atoms. The molecular formula is C16H12N4. The Hall–Kier alpha value is -2.75. The number of nitrogens with zero attached hydrogens (tertiary/aromatic N) is 4. The van der Waals surface area contributed by atoms with Crippen molar-refractivity contribution < 1.29 is 0 Å². The quantitative estimate of drug-likeness (QED) is 0.675. The number of benzene rings is 2. The van der Waals surface area contributed by atoms with Crippen molar-refractivity contribution >= 4 is 22.8 Å². The van der Waals surface area contributed by atoms with E-state index >= 15 is 0 Å². The van der Waals surface area contributed by atoms with Crippen LogP contribution in [0.5, 0.6) is 0 Å². The summed E-state index contributed by atoms with van der Waals surface area (Å²) in [4.78, 5) is 0. The molecule has 1 aliphatic heterocycles. The summed E-state index contributed by atoms with van der Waals surface area (Å²) < 4.78 is 0. The summed E-state index contributed by atoms with van der Waals surface area (Å²) in [5, 5.41) is 16.9. The second-order valence-corrected chi connectivity index (χ2v) is 4.76. The highest BCUT2D eigenvalue weighted by Crippen LogP contribution is 2.26. The lowest BCUT2D eigenvalue weighted by atomic mass is 10.1. The van der Waals surface area contributed by atoms with Crippen molar-refractivity contribution in [2.75, 3.05) is 5.01 Å². The number of hydrogen-bond acceptors (Lipinski definition) is 4. The molecule has 20 heavy (non-hydrogen) atoms. The van der Waals surface area contributed by atoms with E-state index < -0.39 is 0 Å². The molecule has 4 rings (SSSR count). The van der Waals surface area contributed by atoms with Crippen LogP contribution in [-0.2, 0) is 6.54 Å². The molecule has 2 heterocycles. The number of rotatable bonds is 1. The van der Waals surface area contributed by atoms with Gasteiger partial charge in [0.15, 0.2) is 5.82 Å². The normalized spacial score (nSPS) is 13.5. The van der Waals surface area contributed by atoms with Crippen LogP contribution in [0.15, 0.2) is 59.8 Å². The third-order valence-electron chi connectivity index (χ3n) is 3.51. The Morgan fingerprint density at radius 1 is 0.950 bits per heavy atom. The van der Waals surface area contributed by atoms with Crippen LogP contribution in [0.1, 0.15) is 11.1 Å². The maximum absolute atomic E-state index is 4.50. The van der Waals surface area contributed by atoms with Gasteiger partial charge in [-0.05, 0) is 11.1 Å². The first-order valence-electron chi connectivity index (χ1n) is 6.52. The number of anilines is 1. The van der Waals surface area contributed by atoms with Crippen LogP contribution in [0.25, 0.3) is 10.8 Å². The minimum Gasteiger partial charge on any atom is -0.241 e. The summed E-state index contributed by atoms with van der Waals surface area (Å²) in [6, 6.07) is 16.4. The second-order valence-electron chi connectivity index (χ2n) is 4.76. The van der Waals surface area contributed by atoms with E-state index in [1.54, 1.807) is 6.20 Å². The van der Waals surface area contributed by atoms with Gasteiger partial charge in [-0.2, -0.15) is 10.2 Å². The van der Waals surface area contributed by atoms with Gasteiger partial charge in [-0.1, -0.05) is 48.5 Å². The molecule has 0 saturated heterocycles. The van der Waals surface area contributed by atoms with Gasteiger partial charge in [0.1, 0.15) is 0 Å². The van der Waals surface area contributed by atoms with Crippen LogP contribution in [-0.4, -0.2) is 16.4 Å². The summed E-state index contributed by atoms with van der Waals surface area (Å²) in [6.45, 7) is 0.718. The van der Waals surface area contributed by atoms with E-state index in [2.05, 4.69) is 33.5 Å². The summed E-state index contributed by atoms with van der Waals surface area (Å²) in [5.41, 5.74) is 2.41. The molecule has 3 aromatic rings. The standard InChI is InChI=1S/C16H12N4/c1-2-7-14-11-20(18-10-12(14)5-1)16-15-8-4-3-6-13(15)9-17-19-16/h1-10H,11H2. The Bertz CT molecular complexity index is 805. The van der Waals surface area contributed by atoms with E-state index in [4.69, 9.17) is 0 Å². The minimum absolute atomic E-state index is 0.718. The fourth-order valence-electron chi connectivity index (χ4n) is 2.47. The number of hydrogen-bond donors (Lipinski definition) is 0. The topological polar surface area (TPSA) is 41.4 Å². The van der Waals surface area contributed by atoms with Crippen molar-refractivity contribution in [3.05, 3.63) is 65.9 Å². The summed E-state index contributed by atoms with van der Waals surface area (Å²) >= 11 is 0. The third kappa shape index (κ3) is 1.73. The Labute approximate surface area is 116 Å².